The maximum absolute atomic E-state index is 13.3. The molecule has 0 saturated carbocycles. The van der Waals surface area contributed by atoms with Crippen molar-refractivity contribution in [3.63, 3.8) is 0 Å². The molecule has 0 atom stereocenters. The van der Waals surface area contributed by atoms with E-state index in [1.54, 1.807) is 20.8 Å². The van der Waals surface area contributed by atoms with E-state index in [0.29, 0.717) is 0 Å². The SMILES string of the molecule is COc1cnc(NC(=O)OC(C)(C)C)cc1F. The zero-order valence-electron chi connectivity index (χ0n) is 10.2. The average molecular weight is 242 g/mol. The molecule has 17 heavy (non-hydrogen) atoms. The maximum Gasteiger partial charge on any atom is 0.413 e. The summed E-state index contributed by atoms with van der Waals surface area (Å²) in [6.07, 6.45) is 0.497. The zero-order valence-corrected chi connectivity index (χ0v) is 10.2. The molecule has 0 aliphatic heterocycles. The molecule has 1 aromatic heterocycles. The van der Waals surface area contributed by atoms with Crippen LogP contribution in [0.1, 0.15) is 20.8 Å². The number of amides is 1. The lowest BCUT2D eigenvalue weighted by Gasteiger charge is -2.19. The summed E-state index contributed by atoms with van der Waals surface area (Å²) < 4.78 is 23.0. The number of halogens is 1. The Kier molecular flexibility index (Phi) is 3.88. The van der Waals surface area contributed by atoms with Crippen molar-refractivity contribution in [3.05, 3.63) is 18.1 Å². The summed E-state index contributed by atoms with van der Waals surface area (Å²) in [4.78, 5) is 15.2. The van der Waals surface area contributed by atoms with Crippen LogP contribution < -0.4 is 10.1 Å². The van der Waals surface area contributed by atoms with E-state index in [-0.39, 0.29) is 11.6 Å². The molecule has 1 N–H and O–H groups in total. The molecule has 5 nitrogen and oxygen atoms in total. The summed E-state index contributed by atoms with van der Waals surface area (Å²) in [5, 5.41) is 2.32. The van der Waals surface area contributed by atoms with E-state index < -0.39 is 17.5 Å². The summed E-state index contributed by atoms with van der Waals surface area (Å²) >= 11 is 0. The quantitative estimate of drug-likeness (QED) is 0.865. The lowest BCUT2D eigenvalue weighted by Crippen LogP contribution is -2.27. The molecule has 6 heteroatoms. The number of pyridine rings is 1. The predicted molar refractivity (Wildman–Crippen MR) is 60.6 cm³/mol. The van der Waals surface area contributed by atoms with Gasteiger partial charge in [0.1, 0.15) is 11.4 Å². The number of anilines is 1. The van der Waals surface area contributed by atoms with Gasteiger partial charge in [-0.25, -0.2) is 14.2 Å². The summed E-state index contributed by atoms with van der Waals surface area (Å²) in [5.74, 6) is -0.522. The highest BCUT2D eigenvalue weighted by Gasteiger charge is 2.17. The van der Waals surface area contributed by atoms with Crippen LogP contribution in [-0.4, -0.2) is 23.8 Å². The van der Waals surface area contributed by atoms with Gasteiger partial charge in [0.15, 0.2) is 11.6 Å². The Morgan fingerprint density at radius 1 is 1.47 bits per heavy atom. The van der Waals surface area contributed by atoms with Gasteiger partial charge in [-0.1, -0.05) is 0 Å². The third kappa shape index (κ3) is 4.26. The molecule has 1 amide bonds. The predicted octanol–water partition coefficient (Wildman–Crippen LogP) is 2.58. The Labute approximate surface area is 98.9 Å². The van der Waals surface area contributed by atoms with E-state index in [1.165, 1.54) is 13.3 Å². The van der Waals surface area contributed by atoms with E-state index in [0.717, 1.165) is 6.07 Å². The first kappa shape index (κ1) is 13.2. The second-order valence-corrected chi connectivity index (χ2v) is 4.33. The van der Waals surface area contributed by atoms with Gasteiger partial charge >= 0.3 is 6.09 Å². The highest BCUT2D eigenvalue weighted by atomic mass is 19.1. The Morgan fingerprint density at radius 3 is 2.59 bits per heavy atom. The molecule has 0 aliphatic carbocycles. The third-order valence-electron chi connectivity index (χ3n) is 1.67. The van der Waals surface area contributed by atoms with Gasteiger partial charge in [0.2, 0.25) is 0 Å². The number of ether oxygens (including phenoxy) is 2. The fourth-order valence-corrected chi connectivity index (χ4v) is 1.05. The fourth-order valence-electron chi connectivity index (χ4n) is 1.05. The van der Waals surface area contributed by atoms with Crippen LogP contribution in [-0.2, 0) is 4.74 Å². The van der Waals surface area contributed by atoms with E-state index in [2.05, 4.69) is 10.3 Å². The van der Waals surface area contributed by atoms with Crippen molar-refractivity contribution < 1.29 is 18.7 Å². The summed E-state index contributed by atoms with van der Waals surface area (Å²) in [7, 11) is 1.33. The van der Waals surface area contributed by atoms with E-state index in [1.807, 2.05) is 0 Å². The van der Waals surface area contributed by atoms with E-state index >= 15 is 0 Å². The van der Waals surface area contributed by atoms with Gasteiger partial charge in [0, 0.05) is 6.07 Å². The number of rotatable bonds is 2. The molecule has 0 unspecified atom stereocenters. The molecule has 1 heterocycles. The third-order valence-corrected chi connectivity index (χ3v) is 1.67. The first-order valence-electron chi connectivity index (χ1n) is 5.01. The van der Waals surface area contributed by atoms with E-state index in [4.69, 9.17) is 9.47 Å². The average Bonchev–Trinajstić information content (AvgIpc) is 2.14. The molecule has 0 bridgehead atoms. The Morgan fingerprint density at radius 2 is 2.12 bits per heavy atom. The number of carbonyl (C=O) groups excluding carboxylic acids is 1. The van der Waals surface area contributed by atoms with Gasteiger partial charge in [-0.15, -0.1) is 0 Å². The highest BCUT2D eigenvalue weighted by molar-refractivity contribution is 5.83. The van der Waals surface area contributed by atoms with Crippen molar-refractivity contribution in [2.24, 2.45) is 0 Å². The Bertz CT molecular complexity index is 416. The van der Waals surface area contributed by atoms with Gasteiger partial charge in [0.05, 0.1) is 13.3 Å². The first-order valence-corrected chi connectivity index (χ1v) is 5.01. The van der Waals surface area contributed by atoms with Crippen molar-refractivity contribution >= 4 is 11.9 Å². The second-order valence-electron chi connectivity index (χ2n) is 4.33. The smallest absolute Gasteiger partial charge is 0.413 e. The molecule has 0 aromatic carbocycles. The van der Waals surface area contributed by atoms with Gasteiger partial charge in [0.25, 0.3) is 0 Å². The Hall–Kier alpha value is -1.85. The molecule has 0 fully saturated rings. The van der Waals surface area contributed by atoms with Crippen molar-refractivity contribution in [1.29, 1.82) is 0 Å². The molecule has 0 saturated heterocycles. The zero-order chi connectivity index (χ0) is 13.1. The van der Waals surface area contributed by atoms with Gasteiger partial charge in [-0.3, -0.25) is 5.32 Å². The number of aromatic nitrogens is 1. The number of nitrogens with one attached hydrogen (secondary N) is 1. The van der Waals surface area contributed by atoms with Crippen LogP contribution in [0.2, 0.25) is 0 Å². The lowest BCUT2D eigenvalue weighted by atomic mass is 10.2. The van der Waals surface area contributed by atoms with E-state index in [9.17, 15) is 9.18 Å². The number of nitrogens with zero attached hydrogens (tertiary/aromatic N) is 1. The first-order chi connectivity index (χ1) is 7.81. The molecule has 1 rings (SSSR count). The Balaban J connectivity index is 2.69. The minimum absolute atomic E-state index is 0.0136. The highest BCUT2D eigenvalue weighted by Crippen LogP contribution is 2.18. The molecule has 0 spiro atoms. The number of methoxy groups -OCH3 is 1. The minimum Gasteiger partial charge on any atom is -0.492 e. The maximum atomic E-state index is 13.3. The van der Waals surface area contributed by atoms with Crippen LogP contribution in [0.3, 0.4) is 0 Å². The van der Waals surface area contributed by atoms with Crippen molar-refractivity contribution in [2.45, 2.75) is 26.4 Å². The molecule has 0 aliphatic rings. The number of carbonyl (C=O) groups is 1. The monoisotopic (exact) mass is 242 g/mol. The van der Waals surface area contributed by atoms with Crippen LogP contribution >= 0.6 is 0 Å². The van der Waals surface area contributed by atoms with Crippen LogP contribution in [0.5, 0.6) is 5.75 Å². The van der Waals surface area contributed by atoms with Crippen LogP contribution in [0, 0.1) is 5.82 Å². The van der Waals surface area contributed by atoms with Crippen molar-refractivity contribution in [2.75, 3.05) is 12.4 Å². The molecular weight excluding hydrogens is 227 g/mol. The largest absolute Gasteiger partial charge is 0.492 e. The molecule has 1 aromatic rings. The molecule has 94 valence electrons. The van der Waals surface area contributed by atoms with Crippen molar-refractivity contribution in [3.8, 4) is 5.75 Å². The number of hydrogen-bond acceptors (Lipinski definition) is 4. The second kappa shape index (κ2) is 4.99. The minimum atomic E-state index is -0.686. The summed E-state index contributed by atoms with van der Waals surface area (Å²) in [6, 6.07) is 1.06. The fraction of sp³-hybridized carbons (Fsp3) is 0.455. The number of hydrogen-bond donors (Lipinski definition) is 1. The molecular formula is C11H15FN2O3. The molecule has 0 radical (unpaired) electrons. The van der Waals surface area contributed by atoms with Gasteiger partial charge in [-0.2, -0.15) is 0 Å². The van der Waals surface area contributed by atoms with Gasteiger partial charge < -0.3 is 9.47 Å². The van der Waals surface area contributed by atoms with Crippen molar-refractivity contribution in [1.82, 2.24) is 4.98 Å². The van der Waals surface area contributed by atoms with Crippen LogP contribution in [0.15, 0.2) is 12.3 Å². The topological polar surface area (TPSA) is 60.5 Å². The normalized spacial score (nSPS) is 10.9. The van der Waals surface area contributed by atoms with Gasteiger partial charge in [-0.05, 0) is 20.8 Å². The standard InChI is InChI=1S/C11H15FN2O3/c1-11(2,3)17-10(15)14-9-5-7(12)8(16-4)6-13-9/h5-6H,1-4H3,(H,13,14,15). The summed E-state index contributed by atoms with van der Waals surface area (Å²) in [5.41, 5.74) is -0.616. The lowest BCUT2D eigenvalue weighted by molar-refractivity contribution is 0.0635. The van der Waals surface area contributed by atoms with Crippen LogP contribution in [0.4, 0.5) is 15.0 Å². The summed E-state index contributed by atoms with van der Waals surface area (Å²) in [6.45, 7) is 5.19. The van der Waals surface area contributed by atoms with Crippen LogP contribution in [0.25, 0.3) is 0 Å².